The predicted octanol–water partition coefficient (Wildman–Crippen LogP) is 3.36. The predicted molar refractivity (Wildman–Crippen MR) is 34.1 cm³/mol. The van der Waals surface area contributed by atoms with E-state index in [0.29, 0.717) is 22.6 Å². The second-order valence-corrected chi connectivity index (χ2v) is 2.80. The Morgan fingerprint density at radius 3 is 1.67 bits per heavy atom. The van der Waals surface area contributed by atoms with Crippen molar-refractivity contribution in [2.45, 2.75) is 3.93 Å². The monoisotopic (exact) mass is 274 g/mol. The van der Waals surface area contributed by atoms with Gasteiger partial charge in [-0.1, -0.05) is 11.6 Å². The van der Waals surface area contributed by atoms with Crippen molar-refractivity contribution in [3.8, 4) is 0 Å². The van der Waals surface area contributed by atoms with E-state index >= 15 is 0 Å². The molecular formula is C3ClF4I. The van der Waals surface area contributed by atoms with Gasteiger partial charge in [0.2, 0.25) is 0 Å². The molecule has 0 aromatic rings. The highest BCUT2D eigenvalue weighted by atomic mass is 127. The highest BCUT2D eigenvalue weighted by Gasteiger charge is 2.32. The van der Waals surface area contributed by atoms with Crippen LogP contribution in [0.5, 0.6) is 0 Å². The Morgan fingerprint density at radius 2 is 1.67 bits per heavy atom. The van der Waals surface area contributed by atoms with Crippen LogP contribution in [0, 0.1) is 0 Å². The van der Waals surface area contributed by atoms with Crippen LogP contribution in [0.3, 0.4) is 0 Å². The van der Waals surface area contributed by atoms with Gasteiger partial charge in [0.15, 0.2) is 5.03 Å². The highest BCUT2D eigenvalue weighted by molar-refractivity contribution is 14.1. The van der Waals surface area contributed by atoms with Gasteiger partial charge in [-0.15, -0.1) is 0 Å². The second-order valence-electron chi connectivity index (χ2n) is 1.07. The van der Waals surface area contributed by atoms with E-state index in [2.05, 4.69) is 11.6 Å². The Balaban J connectivity index is 4.40. The number of allylic oxidation sites excluding steroid dienone is 1. The van der Waals surface area contributed by atoms with Crippen molar-refractivity contribution in [3.05, 3.63) is 11.1 Å². The lowest BCUT2D eigenvalue weighted by Crippen LogP contribution is -2.04. The average molecular weight is 274 g/mol. The third kappa shape index (κ3) is 3.24. The molecule has 0 rings (SSSR count). The Bertz CT molecular complexity index is 133. The zero-order chi connectivity index (χ0) is 7.65. The van der Waals surface area contributed by atoms with Crippen molar-refractivity contribution >= 4 is 34.2 Å². The fraction of sp³-hybridized carbons (Fsp3) is 0.333. The minimum Gasteiger partial charge on any atom is -0.188 e. The molecule has 0 radical (unpaired) electrons. The third-order valence-electron chi connectivity index (χ3n) is 0.415. The van der Waals surface area contributed by atoms with Crippen molar-refractivity contribution in [1.82, 2.24) is 0 Å². The summed E-state index contributed by atoms with van der Waals surface area (Å²) < 4.78 is 42.1. The maximum absolute atomic E-state index is 11.7. The Kier molecular flexibility index (Phi) is 3.21. The topological polar surface area (TPSA) is 0 Å². The van der Waals surface area contributed by atoms with Crippen LogP contribution in [0.1, 0.15) is 0 Å². The number of alkyl halides is 3. The lowest BCUT2D eigenvalue weighted by molar-refractivity contribution is 0.170. The van der Waals surface area contributed by atoms with Gasteiger partial charge < -0.3 is 0 Å². The maximum Gasteiger partial charge on any atom is 0.337 e. The number of hydrogen-bond acceptors (Lipinski definition) is 0. The van der Waals surface area contributed by atoms with Gasteiger partial charge in [0.1, 0.15) is 0 Å². The summed E-state index contributed by atoms with van der Waals surface area (Å²) in [5.41, 5.74) is 0. The van der Waals surface area contributed by atoms with Gasteiger partial charge in [-0.2, -0.15) is 17.6 Å². The van der Waals surface area contributed by atoms with Crippen LogP contribution in [0.4, 0.5) is 17.6 Å². The SMILES string of the molecule is FC(F)=C(Cl)C(F)(F)I. The van der Waals surface area contributed by atoms with Crippen molar-refractivity contribution < 1.29 is 17.6 Å². The van der Waals surface area contributed by atoms with E-state index in [-0.39, 0.29) is 0 Å². The molecule has 0 unspecified atom stereocenters. The normalized spacial score (nSPS) is 11.3. The van der Waals surface area contributed by atoms with Gasteiger partial charge >= 0.3 is 3.93 Å². The second kappa shape index (κ2) is 3.05. The van der Waals surface area contributed by atoms with Crippen LogP contribution in [-0.2, 0) is 0 Å². The molecule has 0 nitrogen and oxygen atoms in total. The first-order valence-electron chi connectivity index (χ1n) is 1.63. The van der Waals surface area contributed by atoms with Gasteiger partial charge in [-0.05, 0) is 0 Å². The number of rotatable bonds is 1. The molecule has 0 bridgehead atoms. The molecule has 0 saturated carbocycles. The summed E-state index contributed by atoms with van der Waals surface area (Å²) in [6, 6.07) is 0. The zero-order valence-corrected chi connectivity index (χ0v) is 6.68. The van der Waals surface area contributed by atoms with Crippen molar-refractivity contribution in [1.29, 1.82) is 0 Å². The molecule has 6 heteroatoms. The van der Waals surface area contributed by atoms with E-state index in [9.17, 15) is 17.6 Å². The molecule has 0 amide bonds. The van der Waals surface area contributed by atoms with Crippen molar-refractivity contribution in [2.24, 2.45) is 0 Å². The smallest absolute Gasteiger partial charge is 0.188 e. The average Bonchev–Trinajstić information content (AvgIpc) is 1.62. The molecule has 54 valence electrons. The molecule has 0 fully saturated rings. The van der Waals surface area contributed by atoms with E-state index in [1.807, 2.05) is 0 Å². The molecule has 0 atom stereocenters. The molecule has 0 aliphatic rings. The summed E-state index contributed by atoms with van der Waals surface area (Å²) in [6.45, 7) is 0. The van der Waals surface area contributed by atoms with E-state index in [0.717, 1.165) is 0 Å². The Morgan fingerprint density at radius 1 is 1.33 bits per heavy atom. The molecule has 9 heavy (non-hydrogen) atoms. The summed E-state index contributed by atoms with van der Waals surface area (Å²) in [5.74, 6) is 0. The zero-order valence-electron chi connectivity index (χ0n) is 3.77. The van der Waals surface area contributed by atoms with E-state index in [4.69, 9.17) is 0 Å². The van der Waals surface area contributed by atoms with Gasteiger partial charge in [-0.3, -0.25) is 0 Å². The van der Waals surface area contributed by atoms with Crippen LogP contribution >= 0.6 is 34.2 Å². The molecule has 0 aromatic heterocycles. The molecule has 0 N–H and O–H groups in total. The summed E-state index contributed by atoms with van der Waals surface area (Å²) in [4.78, 5) is 0. The standard InChI is InChI=1S/C3ClF4I/c4-1(2(5)6)3(7,8)9. The lowest BCUT2D eigenvalue weighted by atomic mass is 10.6. The van der Waals surface area contributed by atoms with Gasteiger partial charge in [0.25, 0.3) is 6.08 Å². The van der Waals surface area contributed by atoms with E-state index < -0.39 is 15.0 Å². The summed E-state index contributed by atoms with van der Waals surface area (Å²) in [7, 11) is 0. The van der Waals surface area contributed by atoms with E-state index in [1.54, 1.807) is 0 Å². The third-order valence-corrected chi connectivity index (χ3v) is 1.65. The molecule has 0 spiro atoms. The van der Waals surface area contributed by atoms with Crippen LogP contribution < -0.4 is 0 Å². The van der Waals surface area contributed by atoms with Crippen molar-refractivity contribution in [2.75, 3.05) is 0 Å². The van der Waals surface area contributed by atoms with Crippen molar-refractivity contribution in [3.63, 3.8) is 0 Å². The summed E-state index contributed by atoms with van der Waals surface area (Å²) in [5, 5.41) is -1.71. The molecule has 0 saturated heterocycles. The molecule has 0 aliphatic heterocycles. The minimum atomic E-state index is -3.65. The molecular weight excluding hydrogens is 274 g/mol. The first-order chi connectivity index (χ1) is 3.85. The van der Waals surface area contributed by atoms with E-state index in [1.165, 1.54) is 0 Å². The molecule has 0 aromatic carbocycles. The highest BCUT2D eigenvalue weighted by Crippen LogP contribution is 2.36. The maximum atomic E-state index is 11.7. The summed E-state index contributed by atoms with van der Waals surface area (Å²) >= 11 is 4.98. The Labute approximate surface area is 67.0 Å². The van der Waals surface area contributed by atoms with Gasteiger partial charge in [0.05, 0.1) is 0 Å². The van der Waals surface area contributed by atoms with Crippen LogP contribution in [-0.4, -0.2) is 3.93 Å². The first-order valence-corrected chi connectivity index (χ1v) is 3.09. The number of halogens is 6. The number of hydrogen-bond donors (Lipinski definition) is 0. The molecule has 0 heterocycles. The fourth-order valence-corrected chi connectivity index (χ4v) is 0.311. The Hall–Kier alpha value is 0.480. The van der Waals surface area contributed by atoms with Gasteiger partial charge in [0, 0.05) is 22.6 Å². The van der Waals surface area contributed by atoms with Gasteiger partial charge in [-0.25, -0.2) is 0 Å². The van der Waals surface area contributed by atoms with Crippen LogP contribution in [0.25, 0.3) is 0 Å². The van der Waals surface area contributed by atoms with Crippen LogP contribution in [0.2, 0.25) is 0 Å². The largest absolute Gasteiger partial charge is 0.337 e. The quantitative estimate of drug-likeness (QED) is 0.391. The molecule has 0 aliphatic carbocycles. The fourth-order valence-electron chi connectivity index (χ4n) is 0.107. The summed E-state index contributed by atoms with van der Waals surface area (Å²) in [6.07, 6.45) is -2.55. The lowest BCUT2D eigenvalue weighted by Gasteiger charge is -2.03. The van der Waals surface area contributed by atoms with Crippen LogP contribution in [0.15, 0.2) is 11.1 Å². The minimum absolute atomic E-state index is 0.515. The first kappa shape index (κ1) is 9.48.